The second kappa shape index (κ2) is 6.04. The minimum atomic E-state index is -0.134. The summed E-state index contributed by atoms with van der Waals surface area (Å²) in [5.74, 6) is -0.134. The van der Waals surface area contributed by atoms with E-state index in [-0.39, 0.29) is 5.91 Å². The minimum Gasteiger partial charge on any atom is -0.472 e. The quantitative estimate of drug-likeness (QED) is 0.602. The number of pyridine rings is 1. The molecular weight excluding hydrogens is 302 g/mol. The lowest BCUT2D eigenvalue weighted by Crippen LogP contribution is -2.23. The molecule has 24 heavy (non-hydrogen) atoms. The zero-order valence-corrected chi connectivity index (χ0v) is 12.8. The minimum absolute atomic E-state index is 0.134. The summed E-state index contributed by atoms with van der Waals surface area (Å²) in [6.07, 6.45) is 5.03. The molecule has 3 heterocycles. The van der Waals surface area contributed by atoms with Gasteiger partial charge in [-0.25, -0.2) is 0 Å². The average molecular weight is 317 g/mol. The van der Waals surface area contributed by atoms with Crippen molar-refractivity contribution in [2.45, 2.75) is 6.54 Å². The summed E-state index contributed by atoms with van der Waals surface area (Å²) < 4.78 is 5.05. The van der Waals surface area contributed by atoms with E-state index in [1.807, 2.05) is 48.5 Å². The van der Waals surface area contributed by atoms with E-state index < -0.39 is 0 Å². The summed E-state index contributed by atoms with van der Waals surface area (Å²) >= 11 is 0. The van der Waals surface area contributed by atoms with E-state index in [4.69, 9.17) is 4.42 Å². The van der Waals surface area contributed by atoms with E-state index in [1.165, 1.54) is 0 Å². The van der Waals surface area contributed by atoms with Crippen LogP contribution in [-0.4, -0.2) is 15.9 Å². The molecule has 0 bridgehead atoms. The van der Waals surface area contributed by atoms with E-state index in [2.05, 4.69) is 15.3 Å². The van der Waals surface area contributed by atoms with Crippen LogP contribution in [0, 0.1) is 0 Å². The van der Waals surface area contributed by atoms with Crippen molar-refractivity contribution in [2.24, 2.45) is 0 Å². The maximum atomic E-state index is 12.3. The zero-order chi connectivity index (χ0) is 16.4. The van der Waals surface area contributed by atoms with Crippen LogP contribution < -0.4 is 5.32 Å². The van der Waals surface area contributed by atoms with Crippen molar-refractivity contribution in [3.63, 3.8) is 0 Å². The highest BCUT2D eigenvalue weighted by Crippen LogP contribution is 2.17. The number of carbonyl (C=O) groups excluding carboxylic acids is 1. The molecular formula is C19H15N3O2. The Morgan fingerprint density at radius 2 is 2.08 bits per heavy atom. The number of nitrogens with zero attached hydrogens (tertiary/aromatic N) is 1. The predicted molar refractivity (Wildman–Crippen MR) is 91.4 cm³/mol. The van der Waals surface area contributed by atoms with Gasteiger partial charge in [0.2, 0.25) is 0 Å². The topological polar surface area (TPSA) is 70.9 Å². The van der Waals surface area contributed by atoms with Crippen LogP contribution in [0.4, 0.5) is 0 Å². The average Bonchev–Trinajstić information content (AvgIpc) is 3.29. The summed E-state index contributed by atoms with van der Waals surface area (Å²) in [6.45, 7) is 0.423. The zero-order valence-electron chi connectivity index (χ0n) is 12.8. The highest BCUT2D eigenvalue weighted by molar-refractivity contribution is 5.97. The molecule has 0 radical (unpaired) electrons. The van der Waals surface area contributed by atoms with Crippen LogP contribution >= 0.6 is 0 Å². The number of furan rings is 1. The first-order valence-corrected chi connectivity index (χ1v) is 7.63. The fourth-order valence-corrected chi connectivity index (χ4v) is 2.58. The van der Waals surface area contributed by atoms with Gasteiger partial charge in [-0.15, -0.1) is 0 Å². The molecule has 0 unspecified atom stereocenters. The monoisotopic (exact) mass is 317 g/mol. The predicted octanol–water partition coefficient (Wildman–Crippen LogP) is 3.75. The van der Waals surface area contributed by atoms with Crippen molar-refractivity contribution in [3.8, 4) is 11.3 Å². The van der Waals surface area contributed by atoms with Crippen molar-refractivity contribution in [2.75, 3.05) is 0 Å². The molecule has 1 aromatic carbocycles. The number of rotatable bonds is 4. The van der Waals surface area contributed by atoms with E-state index >= 15 is 0 Å². The summed E-state index contributed by atoms with van der Waals surface area (Å²) in [4.78, 5) is 19.8. The maximum absolute atomic E-state index is 12.3. The van der Waals surface area contributed by atoms with Crippen LogP contribution in [-0.2, 0) is 6.54 Å². The summed E-state index contributed by atoms with van der Waals surface area (Å²) in [5.41, 5.74) is 4.22. The van der Waals surface area contributed by atoms with Gasteiger partial charge in [-0.1, -0.05) is 24.3 Å². The number of hydrogen-bond acceptors (Lipinski definition) is 3. The first-order valence-electron chi connectivity index (χ1n) is 7.63. The second-order valence-corrected chi connectivity index (χ2v) is 5.52. The maximum Gasteiger partial charge on any atom is 0.267 e. The van der Waals surface area contributed by atoms with Crippen LogP contribution in [0.2, 0.25) is 0 Å². The van der Waals surface area contributed by atoms with Gasteiger partial charge in [0.05, 0.1) is 18.2 Å². The van der Waals surface area contributed by atoms with Gasteiger partial charge in [0, 0.05) is 29.2 Å². The van der Waals surface area contributed by atoms with Crippen molar-refractivity contribution in [3.05, 3.63) is 78.5 Å². The smallest absolute Gasteiger partial charge is 0.267 e. The third kappa shape index (κ3) is 2.79. The first kappa shape index (κ1) is 14.3. The van der Waals surface area contributed by atoms with Crippen molar-refractivity contribution >= 4 is 16.8 Å². The van der Waals surface area contributed by atoms with Crippen LogP contribution in [0.25, 0.3) is 22.2 Å². The number of aromatic amines is 1. The van der Waals surface area contributed by atoms with E-state index in [1.54, 1.807) is 18.7 Å². The molecule has 4 rings (SSSR count). The molecule has 0 aliphatic heterocycles. The molecule has 5 heteroatoms. The fourth-order valence-electron chi connectivity index (χ4n) is 2.58. The Hall–Kier alpha value is -3.34. The Balaban J connectivity index is 1.43. The van der Waals surface area contributed by atoms with Crippen LogP contribution in [0.1, 0.15) is 16.1 Å². The Kier molecular flexibility index (Phi) is 3.59. The fraction of sp³-hybridized carbons (Fsp3) is 0.0526. The van der Waals surface area contributed by atoms with Gasteiger partial charge in [0.15, 0.2) is 0 Å². The van der Waals surface area contributed by atoms with Gasteiger partial charge in [0.1, 0.15) is 5.69 Å². The number of aromatic nitrogens is 2. The summed E-state index contributed by atoms with van der Waals surface area (Å²) in [6, 6.07) is 15.4. The van der Waals surface area contributed by atoms with Crippen molar-refractivity contribution in [1.29, 1.82) is 0 Å². The highest BCUT2D eigenvalue weighted by atomic mass is 16.3. The molecule has 3 aromatic heterocycles. The lowest BCUT2D eigenvalue weighted by Gasteiger charge is -2.04. The lowest BCUT2D eigenvalue weighted by atomic mass is 10.2. The SMILES string of the molecule is O=C(NCc1ccc(-c2ccoc2)nc1)c1cc2ccccc2[nH]1. The summed E-state index contributed by atoms with van der Waals surface area (Å²) in [7, 11) is 0. The van der Waals surface area contributed by atoms with E-state index in [0.29, 0.717) is 12.2 Å². The van der Waals surface area contributed by atoms with Gasteiger partial charge in [-0.05, 0) is 29.8 Å². The van der Waals surface area contributed by atoms with E-state index in [0.717, 1.165) is 27.7 Å². The Bertz CT molecular complexity index is 936. The molecule has 0 saturated heterocycles. The number of hydrogen-bond donors (Lipinski definition) is 2. The lowest BCUT2D eigenvalue weighted by molar-refractivity contribution is 0.0946. The van der Waals surface area contributed by atoms with Gasteiger partial charge >= 0.3 is 0 Å². The Labute approximate surface area is 138 Å². The molecule has 1 amide bonds. The van der Waals surface area contributed by atoms with Crippen molar-refractivity contribution in [1.82, 2.24) is 15.3 Å². The Morgan fingerprint density at radius 3 is 2.83 bits per heavy atom. The van der Waals surface area contributed by atoms with Gasteiger partial charge in [-0.3, -0.25) is 9.78 Å². The molecule has 2 N–H and O–H groups in total. The van der Waals surface area contributed by atoms with Crippen LogP contribution in [0.15, 0.2) is 71.7 Å². The van der Waals surface area contributed by atoms with Gasteiger partial charge < -0.3 is 14.7 Å². The molecule has 0 aliphatic carbocycles. The largest absolute Gasteiger partial charge is 0.472 e. The van der Waals surface area contributed by atoms with Crippen molar-refractivity contribution < 1.29 is 9.21 Å². The third-order valence-corrected chi connectivity index (χ3v) is 3.87. The number of para-hydroxylation sites is 1. The first-order chi connectivity index (χ1) is 11.8. The number of amides is 1. The standard InChI is InChI=1S/C19H15N3O2/c23-19(18-9-14-3-1-2-4-17(14)22-18)21-11-13-5-6-16(20-10-13)15-7-8-24-12-15/h1-10,12,22H,11H2,(H,21,23). The number of nitrogens with one attached hydrogen (secondary N) is 2. The van der Waals surface area contributed by atoms with Gasteiger partial charge in [0.25, 0.3) is 5.91 Å². The second-order valence-electron chi connectivity index (χ2n) is 5.52. The number of carbonyl (C=O) groups is 1. The molecule has 0 atom stereocenters. The Morgan fingerprint density at radius 1 is 1.17 bits per heavy atom. The van der Waals surface area contributed by atoms with E-state index in [9.17, 15) is 4.79 Å². The molecule has 4 aromatic rings. The molecule has 0 fully saturated rings. The third-order valence-electron chi connectivity index (χ3n) is 3.87. The molecule has 0 saturated carbocycles. The van der Waals surface area contributed by atoms with Gasteiger partial charge in [-0.2, -0.15) is 0 Å². The molecule has 5 nitrogen and oxygen atoms in total. The van der Waals surface area contributed by atoms with Crippen LogP contribution in [0.3, 0.4) is 0 Å². The molecule has 0 aliphatic rings. The summed E-state index contributed by atoms with van der Waals surface area (Å²) in [5, 5.41) is 3.92. The highest BCUT2D eigenvalue weighted by Gasteiger charge is 2.09. The number of benzene rings is 1. The van der Waals surface area contributed by atoms with Crippen LogP contribution in [0.5, 0.6) is 0 Å². The number of H-pyrrole nitrogens is 1. The normalized spacial score (nSPS) is 10.8. The molecule has 0 spiro atoms. The molecule has 118 valence electrons. The number of fused-ring (bicyclic) bond motifs is 1.